The van der Waals surface area contributed by atoms with Gasteiger partial charge in [0.05, 0.1) is 0 Å². The fourth-order valence-electron chi connectivity index (χ4n) is 10.5. The Bertz CT molecular complexity index is 5050. The van der Waals surface area contributed by atoms with Crippen LogP contribution in [0.3, 0.4) is 0 Å². The molecule has 11 rings (SSSR count). The molecule has 0 bridgehead atoms. The molecule has 0 aliphatic carbocycles. The van der Waals surface area contributed by atoms with E-state index in [9.17, 15) is 64.8 Å². The average Bonchev–Trinajstić information content (AvgIpc) is 0.729. The first-order chi connectivity index (χ1) is 48.2. The molecule has 11 aromatic rings. The van der Waals surface area contributed by atoms with Crippen molar-refractivity contribution in [2.75, 3.05) is 0 Å². The third kappa shape index (κ3) is 13.5. The molecule has 0 fully saturated rings. The summed E-state index contributed by atoms with van der Waals surface area (Å²) in [6, 6.07) is 44.5. The van der Waals surface area contributed by atoms with Crippen LogP contribution in [0.15, 0.2) is 238 Å². The number of halogens is 16. The first-order valence-electron chi connectivity index (χ1n) is 28.9. The van der Waals surface area contributed by atoms with Crippen molar-refractivity contribution < 1.29 is 110 Å². The fraction of sp³-hybridized carbons (Fsp3) is 0.0571. The van der Waals surface area contributed by atoms with Gasteiger partial charge >= 0.3 is 358 Å². The van der Waals surface area contributed by atoms with Gasteiger partial charge in [-0.3, -0.25) is 0 Å². The Hall–Kier alpha value is -8.87. The standard InChI is InChI=1S/C70H44F15IO11S5/c1-37-13-5-9-17-49(37)98(50-18-10-6-14-38(50)2,96-101(89,90)69-64(82)58(76)54(72)59(77)65(69)83)47-33-29-45(30-34-47)93-43-25-21-41(22-26-43)86(95-100(87,88)68-62(80)56(74)53(71)57(75)63(68)81)42-23-27-44(28-24-42)94-46-31-35-48(36-32-46)99(51-19-11-7-15-39(51)3,52-20-12-8-16-40(52)4)97-102(91,92)70-66(84)60(78)55(73)61(79)67(70)85/h5-36H,1-4H3. The molecule has 0 saturated carbocycles. The van der Waals surface area contributed by atoms with Gasteiger partial charge in [-0.15, -0.1) is 0 Å². The smallest absolute Gasteiger partial charge is 0.0619 e. The predicted molar refractivity (Wildman–Crippen MR) is 350 cm³/mol. The molecular weight excluding hydrogens is 1590 g/mol. The van der Waals surface area contributed by atoms with Crippen molar-refractivity contribution in [2.45, 2.75) is 71.8 Å². The van der Waals surface area contributed by atoms with Crippen LogP contribution < -0.4 is 9.47 Å². The van der Waals surface area contributed by atoms with Crippen LogP contribution in [0.4, 0.5) is 65.9 Å². The van der Waals surface area contributed by atoms with E-state index in [2.05, 4.69) is 0 Å². The van der Waals surface area contributed by atoms with Crippen LogP contribution in [0.25, 0.3) is 0 Å². The number of hydrogen-bond acceptors (Lipinski definition) is 11. The van der Waals surface area contributed by atoms with E-state index in [0.717, 1.165) is 0 Å². The zero-order chi connectivity index (χ0) is 73.9. The van der Waals surface area contributed by atoms with Gasteiger partial charge in [-0.1, -0.05) is 72.8 Å². The van der Waals surface area contributed by atoms with Gasteiger partial charge in [0, 0.05) is 0 Å². The summed E-state index contributed by atoms with van der Waals surface area (Å²) in [5.74, 6) is -39.8. The Labute approximate surface area is 583 Å². The van der Waals surface area contributed by atoms with Crippen molar-refractivity contribution in [3.8, 4) is 23.0 Å². The second-order valence-electron chi connectivity index (χ2n) is 21.7. The SMILES string of the molecule is Cc1ccccc1S(OS(=O)(=O)c1c(F)c(F)c(F)c(F)c1F)(c1ccc(Oc2ccc(I(OS(=O)(=O)c3c(F)c(F)c(F)c(F)c3F)c3ccc(Oc4ccc(S(OS(=O)(=O)c5c(F)c(F)c(F)c(F)c5F)(c5ccccc5C)c5ccccc5C)cc4)cc3)cc2)cc1)c1ccccc1C. The topological polar surface area (TPSA) is 149 Å². The van der Waals surface area contributed by atoms with Gasteiger partial charge in [-0.05, 0) is 27.7 Å². The minimum atomic E-state index is -5.98. The van der Waals surface area contributed by atoms with Crippen LogP contribution in [0.1, 0.15) is 22.3 Å². The van der Waals surface area contributed by atoms with E-state index in [4.69, 9.17) is 19.2 Å². The molecule has 0 amide bonds. The predicted octanol–water partition coefficient (Wildman–Crippen LogP) is 20.7. The van der Waals surface area contributed by atoms with Crippen molar-refractivity contribution in [1.29, 1.82) is 0 Å². The van der Waals surface area contributed by atoms with Gasteiger partial charge in [-0.2, -0.15) is 16.8 Å². The summed E-state index contributed by atoms with van der Waals surface area (Å²) >= 11 is -4.31. The molecule has 102 heavy (non-hydrogen) atoms. The molecule has 532 valence electrons. The van der Waals surface area contributed by atoms with Crippen LogP contribution >= 0.6 is 40.9 Å². The van der Waals surface area contributed by atoms with E-state index in [1.165, 1.54) is 146 Å². The average molecular weight is 1630 g/mol. The van der Waals surface area contributed by atoms with E-state index in [0.29, 0.717) is 22.3 Å². The molecule has 0 saturated heterocycles. The summed E-state index contributed by atoms with van der Waals surface area (Å²) < 4.78 is 338. The summed E-state index contributed by atoms with van der Waals surface area (Å²) in [7, 11) is -25.6. The van der Waals surface area contributed by atoms with E-state index in [1.807, 2.05) is 0 Å². The molecule has 11 aromatic carbocycles. The Morgan fingerprint density at radius 3 is 0.696 bits per heavy atom. The third-order valence-corrected chi connectivity index (χ3v) is 33.5. The second kappa shape index (κ2) is 28.8. The number of benzene rings is 11. The van der Waals surface area contributed by atoms with E-state index in [-0.39, 0.29) is 59.5 Å². The molecule has 0 N–H and O–H groups in total. The zero-order valence-electron chi connectivity index (χ0n) is 52.1. The quantitative estimate of drug-likeness (QED) is 0.0293. The van der Waals surface area contributed by atoms with Gasteiger partial charge in [0.15, 0.2) is 56.3 Å². The normalized spacial score (nSPS) is 12.7. The van der Waals surface area contributed by atoms with E-state index in [1.54, 1.807) is 76.2 Å². The number of ether oxygens (including phenoxy) is 2. The first-order valence-corrected chi connectivity index (χ1v) is 39.3. The Morgan fingerprint density at radius 2 is 0.461 bits per heavy atom. The van der Waals surface area contributed by atoms with E-state index < -0.39 is 173 Å². The van der Waals surface area contributed by atoms with Gasteiger partial charge in [-0.25, -0.2) is 43.9 Å². The number of rotatable bonds is 21. The summed E-state index contributed by atoms with van der Waals surface area (Å²) in [6.45, 7) is 6.20. The Morgan fingerprint density at radius 1 is 0.255 bits per heavy atom. The molecule has 0 atom stereocenters. The van der Waals surface area contributed by atoms with Crippen molar-refractivity contribution >= 4 is 71.2 Å². The van der Waals surface area contributed by atoms with Gasteiger partial charge in [0.25, 0.3) is 0 Å². The zero-order valence-corrected chi connectivity index (χ0v) is 58.3. The molecule has 0 heterocycles. The monoisotopic (exact) mass is 1630 g/mol. The first kappa shape index (κ1) is 74.3. The van der Waals surface area contributed by atoms with Crippen molar-refractivity contribution in [2.24, 2.45) is 0 Å². The number of aryl methyl sites for hydroxylation is 4. The molecule has 32 heteroatoms. The van der Waals surface area contributed by atoms with Crippen molar-refractivity contribution in [1.82, 2.24) is 0 Å². The summed E-state index contributed by atoms with van der Waals surface area (Å²) in [5.41, 5.74) is 1.40. The molecule has 0 aliphatic rings. The molecule has 0 radical (unpaired) electrons. The van der Waals surface area contributed by atoms with Crippen LogP contribution in [-0.4, -0.2) is 25.3 Å². The molecule has 0 unspecified atom stereocenters. The maximum absolute atomic E-state index is 15.4. The van der Waals surface area contributed by atoms with Crippen LogP contribution in [0.2, 0.25) is 0 Å². The molecule has 0 spiro atoms. The van der Waals surface area contributed by atoms with Gasteiger partial charge in [0.2, 0.25) is 11.6 Å². The van der Waals surface area contributed by atoms with Gasteiger partial charge in [0.1, 0.15) is 0 Å². The summed E-state index contributed by atoms with van der Waals surface area (Å²) in [6.07, 6.45) is 0. The molecule has 0 aliphatic heterocycles. The van der Waals surface area contributed by atoms with Crippen LogP contribution in [0, 0.1) is 122 Å². The third-order valence-electron chi connectivity index (χ3n) is 15.2. The summed E-state index contributed by atoms with van der Waals surface area (Å²) in [4.78, 5) is -6.49. The Kier molecular flexibility index (Phi) is 20.9. The number of hydrogen-bond donors (Lipinski definition) is 0. The minimum absolute atomic E-state index is 0.0294. The maximum atomic E-state index is 15.4. The molecular formula is C70H44F15IO11S5. The van der Waals surface area contributed by atoms with E-state index >= 15 is 26.3 Å². The van der Waals surface area contributed by atoms with Crippen LogP contribution in [0.5, 0.6) is 23.0 Å². The molecule has 11 nitrogen and oxygen atoms in total. The van der Waals surface area contributed by atoms with Crippen LogP contribution in [-0.2, 0) is 40.1 Å². The van der Waals surface area contributed by atoms with Crippen molar-refractivity contribution in [3.05, 3.63) is 311 Å². The molecule has 0 aromatic heterocycles. The fourth-order valence-corrected chi connectivity index (χ4v) is 28.8. The van der Waals surface area contributed by atoms with Gasteiger partial charge < -0.3 is 0 Å². The van der Waals surface area contributed by atoms with Crippen molar-refractivity contribution in [3.63, 3.8) is 0 Å². The minimum Gasteiger partial charge on any atom is -0.0619 e. The Balaban J connectivity index is 0.939. The summed E-state index contributed by atoms with van der Waals surface area (Å²) in [5, 5.41) is 0. The second-order valence-corrected chi connectivity index (χ2v) is 36.8.